The SMILES string of the molecule is CC(C(=O)O)c1ccc(O)c(Cc2cccnc2)c1. The normalized spacial score (nSPS) is 12.1. The lowest BCUT2D eigenvalue weighted by Crippen LogP contribution is -2.07. The van der Waals surface area contributed by atoms with E-state index >= 15 is 0 Å². The van der Waals surface area contributed by atoms with Crippen molar-refractivity contribution in [3.8, 4) is 5.75 Å². The Morgan fingerprint density at radius 1 is 1.37 bits per heavy atom. The zero-order valence-electron chi connectivity index (χ0n) is 10.6. The van der Waals surface area contributed by atoms with Gasteiger partial charge in [-0.25, -0.2) is 0 Å². The molecule has 0 bridgehead atoms. The maximum Gasteiger partial charge on any atom is 0.310 e. The second-order valence-electron chi connectivity index (χ2n) is 4.49. The lowest BCUT2D eigenvalue weighted by molar-refractivity contribution is -0.138. The molecule has 0 radical (unpaired) electrons. The van der Waals surface area contributed by atoms with Crippen LogP contribution in [0.4, 0.5) is 0 Å². The molecule has 0 aliphatic heterocycles. The number of nitrogens with zero attached hydrogens (tertiary/aromatic N) is 1. The summed E-state index contributed by atoms with van der Waals surface area (Å²) in [6.07, 6.45) is 3.94. The first-order valence-corrected chi connectivity index (χ1v) is 6.01. The summed E-state index contributed by atoms with van der Waals surface area (Å²) in [6, 6.07) is 8.66. The van der Waals surface area contributed by atoms with E-state index in [0.717, 1.165) is 5.56 Å². The van der Waals surface area contributed by atoms with Crippen LogP contribution in [0.25, 0.3) is 0 Å². The molecular weight excluding hydrogens is 242 g/mol. The number of carbonyl (C=O) groups is 1. The van der Waals surface area contributed by atoms with E-state index in [1.165, 1.54) is 0 Å². The fourth-order valence-electron chi connectivity index (χ4n) is 1.88. The highest BCUT2D eigenvalue weighted by atomic mass is 16.4. The summed E-state index contributed by atoms with van der Waals surface area (Å²) in [6.45, 7) is 1.63. The first-order chi connectivity index (χ1) is 9.08. The number of aliphatic carboxylic acids is 1. The van der Waals surface area contributed by atoms with E-state index in [-0.39, 0.29) is 5.75 Å². The molecule has 1 unspecified atom stereocenters. The molecule has 2 aromatic rings. The molecule has 1 aromatic carbocycles. The van der Waals surface area contributed by atoms with Crippen molar-refractivity contribution in [3.05, 3.63) is 59.4 Å². The number of benzene rings is 1. The Morgan fingerprint density at radius 2 is 2.16 bits per heavy atom. The molecule has 0 fully saturated rings. The van der Waals surface area contributed by atoms with Crippen molar-refractivity contribution in [1.82, 2.24) is 4.98 Å². The van der Waals surface area contributed by atoms with Crippen LogP contribution >= 0.6 is 0 Å². The van der Waals surface area contributed by atoms with Crippen molar-refractivity contribution in [3.63, 3.8) is 0 Å². The molecule has 4 nitrogen and oxygen atoms in total. The number of hydrogen-bond acceptors (Lipinski definition) is 3. The minimum atomic E-state index is -0.877. The number of rotatable bonds is 4. The summed E-state index contributed by atoms with van der Waals surface area (Å²) in [5.74, 6) is -1.29. The van der Waals surface area contributed by atoms with Gasteiger partial charge in [-0.1, -0.05) is 18.2 Å². The third kappa shape index (κ3) is 3.10. The van der Waals surface area contributed by atoms with Gasteiger partial charge in [-0.15, -0.1) is 0 Å². The molecule has 2 rings (SSSR count). The van der Waals surface area contributed by atoms with E-state index in [2.05, 4.69) is 4.98 Å². The highest BCUT2D eigenvalue weighted by molar-refractivity contribution is 5.75. The van der Waals surface area contributed by atoms with E-state index in [4.69, 9.17) is 5.11 Å². The number of aromatic hydroxyl groups is 1. The van der Waals surface area contributed by atoms with E-state index in [1.54, 1.807) is 37.5 Å². The molecule has 0 aliphatic rings. The number of phenols is 1. The Kier molecular flexibility index (Phi) is 3.80. The Labute approximate surface area is 111 Å². The molecule has 0 saturated carbocycles. The van der Waals surface area contributed by atoms with Gasteiger partial charge in [0.2, 0.25) is 0 Å². The van der Waals surface area contributed by atoms with Crippen molar-refractivity contribution in [1.29, 1.82) is 0 Å². The van der Waals surface area contributed by atoms with Gasteiger partial charge in [0.1, 0.15) is 5.75 Å². The maximum atomic E-state index is 11.0. The van der Waals surface area contributed by atoms with Gasteiger partial charge in [0.05, 0.1) is 5.92 Å². The number of aromatic nitrogens is 1. The quantitative estimate of drug-likeness (QED) is 0.883. The predicted molar refractivity (Wildman–Crippen MR) is 71.2 cm³/mol. The molecule has 98 valence electrons. The lowest BCUT2D eigenvalue weighted by Gasteiger charge is -2.10. The van der Waals surface area contributed by atoms with Crippen LogP contribution in [0.2, 0.25) is 0 Å². The first kappa shape index (κ1) is 13.1. The smallest absolute Gasteiger partial charge is 0.310 e. The minimum Gasteiger partial charge on any atom is -0.508 e. The van der Waals surface area contributed by atoms with Gasteiger partial charge in [-0.05, 0) is 35.7 Å². The molecule has 0 amide bonds. The molecule has 1 aromatic heterocycles. The van der Waals surface area contributed by atoms with Gasteiger partial charge < -0.3 is 10.2 Å². The molecule has 2 N–H and O–H groups in total. The number of phenolic OH excluding ortho intramolecular Hbond substituents is 1. The van der Waals surface area contributed by atoms with E-state index in [9.17, 15) is 9.90 Å². The minimum absolute atomic E-state index is 0.171. The van der Waals surface area contributed by atoms with E-state index in [0.29, 0.717) is 17.5 Å². The predicted octanol–water partition coefficient (Wildman–Crippen LogP) is 2.57. The second kappa shape index (κ2) is 5.52. The third-order valence-corrected chi connectivity index (χ3v) is 3.09. The van der Waals surface area contributed by atoms with Gasteiger partial charge in [0.25, 0.3) is 0 Å². The molecule has 0 saturated heterocycles. The van der Waals surface area contributed by atoms with E-state index < -0.39 is 11.9 Å². The van der Waals surface area contributed by atoms with Crippen molar-refractivity contribution in [2.75, 3.05) is 0 Å². The number of carboxylic acid groups (broad SMARTS) is 1. The first-order valence-electron chi connectivity index (χ1n) is 6.01. The van der Waals surface area contributed by atoms with Crippen LogP contribution in [0.1, 0.15) is 29.5 Å². The van der Waals surface area contributed by atoms with Gasteiger partial charge in [0, 0.05) is 18.8 Å². The molecule has 4 heteroatoms. The summed E-state index contributed by atoms with van der Waals surface area (Å²) >= 11 is 0. The number of carboxylic acids is 1. The Bertz CT molecular complexity index is 581. The summed E-state index contributed by atoms with van der Waals surface area (Å²) < 4.78 is 0. The van der Waals surface area contributed by atoms with Crippen molar-refractivity contribution in [2.45, 2.75) is 19.3 Å². The molecule has 1 heterocycles. The van der Waals surface area contributed by atoms with Crippen LogP contribution in [0.15, 0.2) is 42.7 Å². The molecule has 19 heavy (non-hydrogen) atoms. The van der Waals surface area contributed by atoms with Crippen LogP contribution in [-0.4, -0.2) is 21.2 Å². The summed E-state index contributed by atoms with van der Waals surface area (Å²) in [7, 11) is 0. The van der Waals surface area contributed by atoms with Crippen LogP contribution < -0.4 is 0 Å². The van der Waals surface area contributed by atoms with Gasteiger partial charge in [-0.2, -0.15) is 0 Å². The summed E-state index contributed by atoms with van der Waals surface area (Å²) in [4.78, 5) is 15.0. The van der Waals surface area contributed by atoms with Crippen LogP contribution in [0.5, 0.6) is 5.75 Å². The van der Waals surface area contributed by atoms with Crippen LogP contribution in [0.3, 0.4) is 0 Å². The third-order valence-electron chi connectivity index (χ3n) is 3.09. The maximum absolute atomic E-state index is 11.0. The highest BCUT2D eigenvalue weighted by Gasteiger charge is 2.15. The van der Waals surface area contributed by atoms with Gasteiger partial charge in [-0.3, -0.25) is 9.78 Å². The number of hydrogen-bond donors (Lipinski definition) is 2. The zero-order chi connectivity index (χ0) is 13.8. The Morgan fingerprint density at radius 3 is 2.79 bits per heavy atom. The monoisotopic (exact) mass is 257 g/mol. The Balaban J connectivity index is 2.30. The van der Waals surface area contributed by atoms with E-state index in [1.807, 2.05) is 12.1 Å². The zero-order valence-corrected chi connectivity index (χ0v) is 10.6. The van der Waals surface area contributed by atoms with Crippen molar-refractivity contribution >= 4 is 5.97 Å². The van der Waals surface area contributed by atoms with Crippen LogP contribution in [-0.2, 0) is 11.2 Å². The summed E-state index contributed by atoms with van der Waals surface area (Å²) in [5.41, 5.74) is 2.36. The standard InChI is InChI=1S/C15H15NO3/c1-10(15(18)19)12-4-5-14(17)13(8-12)7-11-3-2-6-16-9-11/h2-6,8-10,17H,7H2,1H3,(H,18,19). The fourth-order valence-corrected chi connectivity index (χ4v) is 1.88. The van der Waals surface area contributed by atoms with Crippen LogP contribution in [0, 0.1) is 0 Å². The molecule has 1 atom stereocenters. The highest BCUT2D eigenvalue weighted by Crippen LogP contribution is 2.25. The average molecular weight is 257 g/mol. The van der Waals surface area contributed by atoms with Gasteiger partial charge >= 0.3 is 5.97 Å². The molecule has 0 aliphatic carbocycles. The second-order valence-corrected chi connectivity index (χ2v) is 4.49. The largest absolute Gasteiger partial charge is 0.508 e. The lowest BCUT2D eigenvalue weighted by atomic mass is 9.96. The topological polar surface area (TPSA) is 70.4 Å². The van der Waals surface area contributed by atoms with Crippen molar-refractivity contribution in [2.24, 2.45) is 0 Å². The summed E-state index contributed by atoms with van der Waals surface area (Å²) in [5, 5.41) is 18.9. The van der Waals surface area contributed by atoms with Crippen molar-refractivity contribution < 1.29 is 15.0 Å². The van der Waals surface area contributed by atoms with Gasteiger partial charge in [0.15, 0.2) is 0 Å². The molecule has 0 spiro atoms. The molecular formula is C15H15NO3. The number of pyridine rings is 1. The average Bonchev–Trinajstić information content (AvgIpc) is 2.41. The fraction of sp³-hybridized carbons (Fsp3) is 0.200. The Hall–Kier alpha value is -2.36.